The highest BCUT2D eigenvalue weighted by Gasteiger charge is 2.03. The monoisotopic (exact) mass is 208 g/mol. The summed E-state index contributed by atoms with van der Waals surface area (Å²) in [7, 11) is 0. The van der Waals surface area contributed by atoms with Crippen LogP contribution in [0.4, 0.5) is 0 Å². The fourth-order valence-corrected chi connectivity index (χ4v) is 1.72. The maximum absolute atomic E-state index is 5.81. The maximum atomic E-state index is 5.81. The lowest BCUT2D eigenvalue weighted by molar-refractivity contribution is 1.50. The first kappa shape index (κ1) is 11.2. The highest BCUT2D eigenvalue weighted by atomic mass is 35.5. The molecule has 0 amide bonds. The van der Waals surface area contributed by atoms with E-state index in [0.29, 0.717) is 10.1 Å². The molecule has 0 saturated carbocycles. The number of hydrogen-bond acceptors (Lipinski definition) is 1. The Bertz CT molecular complexity index is 194. The zero-order valence-electron chi connectivity index (χ0n) is 6.36. The van der Waals surface area contributed by atoms with Gasteiger partial charge in [-0.15, -0.1) is 0 Å². The molecule has 0 aromatic carbocycles. The second-order valence-corrected chi connectivity index (χ2v) is 3.60. The minimum absolute atomic E-state index is 0.490. The van der Waals surface area contributed by atoms with Crippen LogP contribution < -0.4 is 0 Å². The molecule has 3 heteroatoms. The highest BCUT2D eigenvalue weighted by molar-refractivity contribution is 7.98. The summed E-state index contributed by atoms with van der Waals surface area (Å²) in [6.07, 6.45) is 3.55. The summed E-state index contributed by atoms with van der Waals surface area (Å²) in [5, 5.41) is 1.07. The summed E-state index contributed by atoms with van der Waals surface area (Å²) < 4.78 is 0. The molecule has 0 aliphatic rings. The topological polar surface area (TPSA) is 0 Å². The molecule has 0 atom stereocenters. The summed E-state index contributed by atoms with van der Waals surface area (Å²) in [6, 6.07) is 0. The van der Waals surface area contributed by atoms with Gasteiger partial charge in [0, 0.05) is 15.8 Å². The molecule has 0 aromatic rings. The van der Waals surface area contributed by atoms with Crippen LogP contribution in [0.2, 0.25) is 0 Å². The summed E-state index contributed by atoms with van der Waals surface area (Å²) in [4.78, 5) is 0. The number of allylic oxidation sites excluding steroid dienone is 3. The molecule has 0 spiro atoms. The normalized spacial score (nSPS) is 12.3. The predicted molar refractivity (Wildman–Crippen MR) is 56.5 cm³/mol. The second-order valence-electron chi connectivity index (χ2n) is 1.87. The Morgan fingerprint density at radius 2 is 2.09 bits per heavy atom. The van der Waals surface area contributed by atoms with E-state index in [-0.39, 0.29) is 0 Å². The third-order valence-electron chi connectivity index (χ3n) is 1.08. The van der Waals surface area contributed by atoms with Crippen molar-refractivity contribution in [2.45, 2.75) is 0 Å². The van der Waals surface area contributed by atoms with E-state index >= 15 is 0 Å². The van der Waals surface area contributed by atoms with E-state index in [4.69, 9.17) is 23.2 Å². The molecular formula is C8H10Cl2S. The molecule has 0 bridgehead atoms. The SMILES string of the molecule is C=C/C(Cl)=C(/CSC)C(=C)Cl. The molecule has 0 aliphatic heterocycles. The van der Waals surface area contributed by atoms with E-state index in [2.05, 4.69) is 13.2 Å². The Morgan fingerprint density at radius 3 is 2.36 bits per heavy atom. The highest BCUT2D eigenvalue weighted by Crippen LogP contribution is 2.23. The zero-order chi connectivity index (χ0) is 8.85. The molecule has 0 heterocycles. The first-order chi connectivity index (χ1) is 5.13. The Hall–Kier alpha value is 0.150. The summed E-state index contributed by atoms with van der Waals surface area (Å²) >= 11 is 13.2. The van der Waals surface area contributed by atoms with Crippen LogP contribution in [-0.2, 0) is 0 Å². The van der Waals surface area contributed by atoms with Crippen LogP contribution in [0.5, 0.6) is 0 Å². The quantitative estimate of drug-likeness (QED) is 0.635. The van der Waals surface area contributed by atoms with Gasteiger partial charge in [-0.25, -0.2) is 0 Å². The fraction of sp³-hybridized carbons (Fsp3) is 0.250. The van der Waals surface area contributed by atoms with Crippen LogP contribution in [0.3, 0.4) is 0 Å². The van der Waals surface area contributed by atoms with Crippen LogP contribution in [0.1, 0.15) is 0 Å². The van der Waals surface area contributed by atoms with Crippen molar-refractivity contribution in [1.82, 2.24) is 0 Å². The number of hydrogen-bond donors (Lipinski definition) is 0. The van der Waals surface area contributed by atoms with Gasteiger partial charge in [0.1, 0.15) is 0 Å². The van der Waals surface area contributed by atoms with Crippen LogP contribution in [0.25, 0.3) is 0 Å². The van der Waals surface area contributed by atoms with Gasteiger partial charge in [0.05, 0.1) is 0 Å². The number of halogens is 2. The van der Waals surface area contributed by atoms with Crippen molar-refractivity contribution in [1.29, 1.82) is 0 Å². The Labute approximate surface area is 82.0 Å². The van der Waals surface area contributed by atoms with Gasteiger partial charge in [-0.1, -0.05) is 42.4 Å². The van der Waals surface area contributed by atoms with E-state index in [1.165, 1.54) is 0 Å². The maximum Gasteiger partial charge on any atom is 0.0455 e. The van der Waals surface area contributed by atoms with Crippen LogP contribution in [0, 0.1) is 0 Å². The fourth-order valence-electron chi connectivity index (χ4n) is 0.544. The molecule has 0 aliphatic carbocycles. The lowest BCUT2D eigenvalue weighted by atomic mass is 10.3. The lowest BCUT2D eigenvalue weighted by Gasteiger charge is -2.03. The van der Waals surface area contributed by atoms with Crippen LogP contribution in [0.15, 0.2) is 34.9 Å². The van der Waals surface area contributed by atoms with Crippen molar-refractivity contribution in [3.05, 3.63) is 34.9 Å². The first-order valence-corrected chi connectivity index (χ1v) is 5.13. The molecule has 11 heavy (non-hydrogen) atoms. The molecule has 0 N–H and O–H groups in total. The Balaban J connectivity index is 4.56. The van der Waals surface area contributed by atoms with Crippen molar-refractivity contribution in [3.63, 3.8) is 0 Å². The largest absolute Gasteiger partial charge is 0.161 e. The molecule has 0 rings (SSSR count). The van der Waals surface area contributed by atoms with Gasteiger partial charge in [-0.05, 0) is 11.8 Å². The average molecular weight is 209 g/mol. The molecule has 0 nitrogen and oxygen atoms in total. The lowest BCUT2D eigenvalue weighted by Crippen LogP contribution is -1.88. The molecule has 0 radical (unpaired) electrons. The minimum atomic E-state index is 0.490. The first-order valence-electron chi connectivity index (χ1n) is 2.98. The van der Waals surface area contributed by atoms with Crippen molar-refractivity contribution >= 4 is 35.0 Å². The third-order valence-corrected chi connectivity index (χ3v) is 2.27. The van der Waals surface area contributed by atoms with Gasteiger partial charge in [0.2, 0.25) is 0 Å². The predicted octanol–water partition coefficient (Wildman–Crippen LogP) is 3.78. The van der Waals surface area contributed by atoms with Crippen molar-refractivity contribution < 1.29 is 0 Å². The molecule has 0 unspecified atom stereocenters. The van der Waals surface area contributed by atoms with Crippen LogP contribution >= 0.6 is 35.0 Å². The third kappa shape index (κ3) is 3.90. The van der Waals surface area contributed by atoms with Gasteiger partial charge < -0.3 is 0 Å². The molecule has 0 saturated heterocycles. The molecule has 0 aromatic heterocycles. The van der Waals surface area contributed by atoms with Gasteiger partial charge in [0.25, 0.3) is 0 Å². The van der Waals surface area contributed by atoms with E-state index in [1.807, 2.05) is 6.26 Å². The van der Waals surface area contributed by atoms with Gasteiger partial charge in [-0.3, -0.25) is 0 Å². The Kier molecular flexibility index (Phi) is 5.83. The standard InChI is InChI=1S/C8H10Cl2S/c1-4-8(10)7(5-11-3)6(2)9/h4H,1-2,5H2,3H3/b8-7+. The number of thioether (sulfide) groups is 1. The number of rotatable bonds is 4. The van der Waals surface area contributed by atoms with Crippen LogP contribution in [-0.4, -0.2) is 12.0 Å². The molecular weight excluding hydrogens is 199 g/mol. The minimum Gasteiger partial charge on any atom is -0.161 e. The summed E-state index contributed by atoms with van der Waals surface area (Å²) in [5.74, 6) is 0.771. The van der Waals surface area contributed by atoms with Gasteiger partial charge in [-0.2, -0.15) is 11.8 Å². The van der Waals surface area contributed by atoms with Crippen molar-refractivity contribution in [2.75, 3.05) is 12.0 Å². The smallest absolute Gasteiger partial charge is 0.0455 e. The molecule has 0 fully saturated rings. The van der Waals surface area contributed by atoms with Gasteiger partial charge in [0.15, 0.2) is 0 Å². The summed E-state index contributed by atoms with van der Waals surface area (Å²) in [5.41, 5.74) is 0.857. The van der Waals surface area contributed by atoms with Gasteiger partial charge >= 0.3 is 0 Å². The van der Waals surface area contributed by atoms with E-state index in [1.54, 1.807) is 17.8 Å². The van der Waals surface area contributed by atoms with E-state index in [0.717, 1.165) is 11.3 Å². The van der Waals surface area contributed by atoms with E-state index < -0.39 is 0 Å². The Morgan fingerprint density at radius 1 is 1.55 bits per heavy atom. The molecule has 62 valence electrons. The van der Waals surface area contributed by atoms with Crippen molar-refractivity contribution in [3.8, 4) is 0 Å². The summed E-state index contributed by atoms with van der Waals surface area (Å²) in [6.45, 7) is 7.15. The zero-order valence-corrected chi connectivity index (χ0v) is 8.69. The van der Waals surface area contributed by atoms with E-state index in [9.17, 15) is 0 Å². The average Bonchev–Trinajstić information content (AvgIpc) is 1.98. The second kappa shape index (κ2) is 5.76. The van der Waals surface area contributed by atoms with Crippen molar-refractivity contribution in [2.24, 2.45) is 0 Å².